The summed E-state index contributed by atoms with van der Waals surface area (Å²) in [6, 6.07) is 6.23. The second-order valence-electron chi connectivity index (χ2n) is 3.92. The van der Waals surface area contributed by atoms with E-state index in [0.29, 0.717) is 6.54 Å². The van der Waals surface area contributed by atoms with Gasteiger partial charge in [-0.05, 0) is 24.6 Å². The fourth-order valence-electron chi connectivity index (χ4n) is 1.33. The Morgan fingerprint density at radius 2 is 2.19 bits per heavy atom. The second kappa shape index (κ2) is 5.61. The first-order valence-corrected chi connectivity index (χ1v) is 5.22. The van der Waals surface area contributed by atoms with Crippen molar-refractivity contribution in [3.63, 3.8) is 0 Å². The van der Waals surface area contributed by atoms with Crippen molar-refractivity contribution < 1.29 is 14.3 Å². The normalized spacial score (nSPS) is 14.4. The molecule has 0 bridgehead atoms. The topological polar surface area (TPSA) is 49.3 Å². The van der Waals surface area contributed by atoms with E-state index < -0.39 is 11.9 Å². The van der Waals surface area contributed by atoms with E-state index in [2.05, 4.69) is 5.32 Å². The third-order valence-electron chi connectivity index (χ3n) is 2.50. The molecule has 0 aromatic heterocycles. The van der Waals surface area contributed by atoms with Gasteiger partial charge in [-0.25, -0.2) is 4.39 Å². The SMILES string of the molecule is CC(CN[C@H](C)c1cccc(F)c1)C(=O)O. The molecule has 0 aliphatic heterocycles. The van der Waals surface area contributed by atoms with Crippen LogP contribution in [0.25, 0.3) is 0 Å². The number of rotatable bonds is 5. The van der Waals surface area contributed by atoms with Gasteiger partial charge in [-0.2, -0.15) is 0 Å². The molecule has 3 nitrogen and oxygen atoms in total. The highest BCUT2D eigenvalue weighted by molar-refractivity contribution is 5.69. The molecule has 0 aliphatic carbocycles. The van der Waals surface area contributed by atoms with Crippen LogP contribution in [0.5, 0.6) is 0 Å². The van der Waals surface area contributed by atoms with Crippen LogP contribution < -0.4 is 5.32 Å². The van der Waals surface area contributed by atoms with E-state index in [1.165, 1.54) is 12.1 Å². The average Bonchev–Trinajstić information content (AvgIpc) is 2.25. The highest BCUT2D eigenvalue weighted by Crippen LogP contribution is 2.13. The number of benzene rings is 1. The van der Waals surface area contributed by atoms with Crippen LogP contribution in [0.4, 0.5) is 4.39 Å². The fourth-order valence-corrected chi connectivity index (χ4v) is 1.33. The van der Waals surface area contributed by atoms with Crippen molar-refractivity contribution in [3.05, 3.63) is 35.6 Å². The molecule has 1 aromatic rings. The Bertz CT molecular complexity index is 368. The monoisotopic (exact) mass is 225 g/mol. The molecule has 4 heteroatoms. The second-order valence-corrected chi connectivity index (χ2v) is 3.92. The molecular weight excluding hydrogens is 209 g/mol. The third kappa shape index (κ3) is 3.62. The zero-order chi connectivity index (χ0) is 12.1. The first-order chi connectivity index (χ1) is 7.50. The van der Waals surface area contributed by atoms with E-state index >= 15 is 0 Å². The van der Waals surface area contributed by atoms with Gasteiger partial charge in [-0.3, -0.25) is 4.79 Å². The number of hydrogen-bond donors (Lipinski definition) is 2. The molecule has 88 valence electrons. The molecule has 0 spiro atoms. The van der Waals surface area contributed by atoms with Crippen molar-refractivity contribution >= 4 is 5.97 Å². The fraction of sp³-hybridized carbons (Fsp3) is 0.417. The number of halogens is 1. The summed E-state index contributed by atoms with van der Waals surface area (Å²) < 4.78 is 12.9. The molecule has 0 saturated heterocycles. The van der Waals surface area contributed by atoms with Crippen molar-refractivity contribution in [1.82, 2.24) is 5.32 Å². The van der Waals surface area contributed by atoms with Crippen LogP contribution in [0.15, 0.2) is 24.3 Å². The molecule has 0 aliphatic rings. The number of carbonyl (C=O) groups is 1. The van der Waals surface area contributed by atoms with E-state index in [1.807, 2.05) is 13.0 Å². The molecule has 0 fully saturated rings. The maximum atomic E-state index is 12.9. The van der Waals surface area contributed by atoms with E-state index in [1.54, 1.807) is 13.0 Å². The van der Waals surface area contributed by atoms with Crippen LogP contribution in [0.2, 0.25) is 0 Å². The summed E-state index contributed by atoms with van der Waals surface area (Å²) in [6.07, 6.45) is 0. The summed E-state index contributed by atoms with van der Waals surface area (Å²) in [6.45, 7) is 3.88. The molecule has 0 radical (unpaired) electrons. The van der Waals surface area contributed by atoms with Crippen molar-refractivity contribution in [1.29, 1.82) is 0 Å². The van der Waals surface area contributed by atoms with Gasteiger partial charge >= 0.3 is 5.97 Å². The van der Waals surface area contributed by atoms with Gasteiger partial charge in [0.05, 0.1) is 5.92 Å². The van der Waals surface area contributed by atoms with Gasteiger partial charge in [0.15, 0.2) is 0 Å². The van der Waals surface area contributed by atoms with Crippen LogP contribution in [0, 0.1) is 11.7 Å². The Morgan fingerprint density at radius 3 is 2.75 bits per heavy atom. The molecule has 1 aromatic carbocycles. The van der Waals surface area contributed by atoms with Crippen molar-refractivity contribution in [2.24, 2.45) is 5.92 Å². The third-order valence-corrected chi connectivity index (χ3v) is 2.50. The van der Waals surface area contributed by atoms with E-state index in [9.17, 15) is 9.18 Å². The van der Waals surface area contributed by atoms with Crippen molar-refractivity contribution in [3.8, 4) is 0 Å². The summed E-state index contributed by atoms with van der Waals surface area (Å²) in [7, 11) is 0. The van der Waals surface area contributed by atoms with Crippen LogP contribution in [0.1, 0.15) is 25.5 Å². The lowest BCUT2D eigenvalue weighted by Gasteiger charge is -2.16. The number of carboxylic acids is 1. The zero-order valence-corrected chi connectivity index (χ0v) is 9.40. The van der Waals surface area contributed by atoms with Crippen LogP contribution >= 0.6 is 0 Å². The summed E-state index contributed by atoms with van der Waals surface area (Å²) >= 11 is 0. The molecule has 0 amide bonds. The van der Waals surface area contributed by atoms with Gasteiger partial charge in [0.25, 0.3) is 0 Å². The van der Waals surface area contributed by atoms with Gasteiger partial charge in [0, 0.05) is 12.6 Å². The Morgan fingerprint density at radius 1 is 1.50 bits per heavy atom. The van der Waals surface area contributed by atoms with Crippen LogP contribution in [-0.4, -0.2) is 17.6 Å². The number of nitrogens with one attached hydrogen (secondary N) is 1. The predicted octanol–water partition coefficient (Wildman–Crippen LogP) is 2.20. The largest absolute Gasteiger partial charge is 0.481 e. The average molecular weight is 225 g/mol. The van der Waals surface area contributed by atoms with E-state index in [0.717, 1.165) is 5.56 Å². The van der Waals surface area contributed by atoms with E-state index in [-0.39, 0.29) is 11.9 Å². The van der Waals surface area contributed by atoms with Gasteiger partial charge in [0.2, 0.25) is 0 Å². The van der Waals surface area contributed by atoms with Gasteiger partial charge < -0.3 is 10.4 Å². The Labute approximate surface area is 94.3 Å². The summed E-state index contributed by atoms with van der Waals surface area (Å²) in [5.74, 6) is -1.56. The standard InChI is InChI=1S/C12H16FNO2/c1-8(12(15)16)7-14-9(2)10-4-3-5-11(13)6-10/h3-6,8-9,14H,7H2,1-2H3,(H,15,16)/t8?,9-/m1/s1. The van der Waals surface area contributed by atoms with Crippen LogP contribution in [-0.2, 0) is 4.79 Å². The maximum Gasteiger partial charge on any atom is 0.307 e. The quantitative estimate of drug-likeness (QED) is 0.807. The maximum absolute atomic E-state index is 12.9. The molecule has 0 saturated carbocycles. The molecule has 16 heavy (non-hydrogen) atoms. The van der Waals surface area contributed by atoms with Crippen molar-refractivity contribution in [2.45, 2.75) is 19.9 Å². The minimum absolute atomic E-state index is 0.0579. The smallest absolute Gasteiger partial charge is 0.307 e. The Balaban J connectivity index is 2.52. The van der Waals surface area contributed by atoms with Gasteiger partial charge in [-0.15, -0.1) is 0 Å². The first-order valence-electron chi connectivity index (χ1n) is 5.22. The lowest BCUT2D eigenvalue weighted by molar-refractivity contribution is -0.140. The Kier molecular flexibility index (Phi) is 4.43. The zero-order valence-electron chi connectivity index (χ0n) is 9.40. The van der Waals surface area contributed by atoms with Crippen molar-refractivity contribution in [2.75, 3.05) is 6.54 Å². The highest BCUT2D eigenvalue weighted by Gasteiger charge is 2.12. The summed E-state index contributed by atoms with van der Waals surface area (Å²) in [5.41, 5.74) is 0.817. The minimum atomic E-state index is -0.834. The molecule has 2 atom stereocenters. The number of carboxylic acid groups (broad SMARTS) is 1. The van der Waals surface area contributed by atoms with Gasteiger partial charge in [0.1, 0.15) is 5.82 Å². The lowest BCUT2D eigenvalue weighted by atomic mass is 10.1. The van der Waals surface area contributed by atoms with Gasteiger partial charge in [-0.1, -0.05) is 19.1 Å². The molecule has 1 rings (SSSR count). The summed E-state index contributed by atoms with van der Waals surface area (Å²) in [4.78, 5) is 10.6. The predicted molar refractivity (Wildman–Crippen MR) is 59.6 cm³/mol. The molecule has 2 N–H and O–H groups in total. The van der Waals surface area contributed by atoms with E-state index in [4.69, 9.17) is 5.11 Å². The summed E-state index contributed by atoms with van der Waals surface area (Å²) in [5, 5.41) is 11.8. The van der Waals surface area contributed by atoms with Crippen LogP contribution in [0.3, 0.4) is 0 Å². The number of aliphatic carboxylic acids is 1. The molecule has 0 heterocycles. The Hall–Kier alpha value is -1.42. The molecule has 1 unspecified atom stereocenters. The minimum Gasteiger partial charge on any atom is -0.481 e. The highest BCUT2D eigenvalue weighted by atomic mass is 19.1. The lowest BCUT2D eigenvalue weighted by Crippen LogP contribution is -2.28. The molecular formula is C12H16FNO2. The first kappa shape index (κ1) is 12.6. The number of hydrogen-bond acceptors (Lipinski definition) is 2.